The molecular formula is C12H12F3NO2. The van der Waals surface area contributed by atoms with Gasteiger partial charge in [0.25, 0.3) is 5.91 Å². The van der Waals surface area contributed by atoms with Crippen LogP contribution in [0.2, 0.25) is 0 Å². The zero-order valence-corrected chi connectivity index (χ0v) is 10.1. The van der Waals surface area contributed by atoms with Crippen molar-refractivity contribution in [3.63, 3.8) is 0 Å². The highest BCUT2D eigenvalue weighted by Crippen LogP contribution is 2.41. The smallest absolute Gasteiger partial charge is 0.416 e. The minimum absolute atomic E-state index is 0.0666. The number of hydrogen-bond acceptors (Lipinski definition) is 2. The monoisotopic (exact) mass is 259 g/mol. The second-order valence-corrected chi connectivity index (χ2v) is 4.66. The van der Waals surface area contributed by atoms with E-state index < -0.39 is 17.3 Å². The van der Waals surface area contributed by atoms with E-state index in [1.54, 1.807) is 0 Å². The van der Waals surface area contributed by atoms with Gasteiger partial charge in [-0.15, -0.1) is 0 Å². The third kappa shape index (κ3) is 1.91. The normalized spacial score (nSPS) is 18.3. The lowest BCUT2D eigenvalue weighted by Gasteiger charge is -2.37. The molecule has 0 saturated carbocycles. The maximum Gasteiger partial charge on any atom is 0.416 e. The summed E-state index contributed by atoms with van der Waals surface area (Å²) in [7, 11) is 1.51. The van der Waals surface area contributed by atoms with Crippen LogP contribution in [-0.4, -0.2) is 18.6 Å². The van der Waals surface area contributed by atoms with Crippen molar-refractivity contribution in [3.05, 3.63) is 23.8 Å². The number of rotatable bonds is 0. The number of ether oxygens (including phenoxy) is 1. The molecule has 18 heavy (non-hydrogen) atoms. The fraction of sp³-hybridized carbons (Fsp3) is 0.417. The van der Waals surface area contributed by atoms with Crippen molar-refractivity contribution in [1.29, 1.82) is 0 Å². The van der Waals surface area contributed by atoms with Crippen molar-refractivity contribution in [2.45, 2.75) is 25.6 Å². The Labute approximate surface area is 102 Å². The topological polar surface area (TPSA) is 29.5 Å². The first kappa shape index (κ1) is 12.7. The van der Waals surface area contributed by atoms with E-state index in [2.05, 4.69) is 0 Å². The molecule has 0 unspecified atom stereocenters. The molecule has 1 aliphatic heterocycles. The van der Waals surface area contributed by atoms with Gasteiger partial charge < -0.3 is 9.64 Å². The summed E-state index contributed by atoms with van der Waals surface area (Å²) in [6.45, 7) is 3.05. The van der Waals surface area contributed by atoms with Gasteiger partial charge in [-0.05, 0) is 32.0 Å². The van der Waals surface area contributed by atoms with Crippen molar-refractivity contribution in [2.75, 3.05) is 11.9 Å². The van der Waals surface area contributed by atoms with Gasteiger partial charge in [-0.2, -0.15) is 13.2 Å². The highest BCUT2D eigenvalue weighted by atomic mass is 19.4. The number of halogens is 3. The van der Waals surface area contributed by atoms with E-state index in [-0.39, 0.29) is 11.7 Å². The predicted octanol–water partition coefficient (Wildman–Crippen LogP) is 2.84. The summed E-state index contributed by atoms with van der Waals surface area (Å²) >= 11 is 0. The molecule has 0 atom stereocenters. The summed E-state index contributed by atoms with van der Waals surface area (Å²) in [5.41, 5.74) is -1.61. The maximum atomic E-state index is 12.6. The largest absolute Gasteiger partial charge is 0.476 e. The first-order chi connectivity index (χ1) is 8.13. The molecule has 1 amide bonds. The Morgan fingerprint density at radius 2 is 1.89 bits per heavy atom. The van der Waals surface area contributed by atoms with Gasteiger partial charge in [0, 0.05) is 7.05 Å². The molecule has 6 heteroatoms. The zero-order valence-electron chi connectivity index (χ0n) is 10.1. The van der Waals surface area contributed by atoms with Gasteiger partial charge in [0.1, 0.15) is 5.75 Å². The molecule has 0 radical (unpaired) electrons. The first-order valence-electron chi connectivity index (χ1n) is 5.31. The predicted molar refractivity (Wildman–Crippen MR) is 59.6 cm³/mol. The summed E-state index contributed by atoms with van der Waals surface area (Å²) in [4.78, 5) is 13.2. The summed E-state index contributed by atoms with van der Waals surface area (Å²) in [6, 6.07) is 3.09. The SMILES string of the molecule is CN1C(=O)C(C)(C)Oc2cc(C(F)(F)F)ccc21. The van der Waals surface area contributed by atoms with Crippen LogP contribution >= 0.6 is 0 Å². The van der Waals surface area contributed by atoms with Crippen LogP contribution in [-0.2, 0) is 11.0 Å². The first-order valence-corrected chi connectivity index (χ1v) is 5.31. The van der Waals surface area contributed by atoms with E-state index in [0.29, 0.717) is 5.69 Å². The minimum atomic E-state index is -4.43. The molecule has 0 spiro atoms. The van der Waals surface area contributed by atoms with Gasteiger partial charge in [0.2, 0.25) is 0 Å². The highest BCUT2D eigenvalue weighted by molar-refractivity contribution is 6.01. The molecule has 1 aromatic carbocycles. The van der Waals surface area contributed by atoms with Crippen LogP contribution in [0.1, 0.15) is 19.4 Å². The van der Waals surface area contributed by atoms with E-state index in [0.717, 1.165) is 12.1 Å². The van der Waals surface area contributed by atoms with Gasteiger partial charge in [0.15, 0.2) is 5.60 Å². The third-order valence-corrected chi connectivity index (χ3v) is 2.83. The molecule has 98 valence electrons. The molecule has 3 nitrogen and oxygen atoms in total. The molecule has 0 bridgehead atoms. The number of alkyl halides is 3. The Balaban J connectivity index is 2.53. The summed E-state index contributed by atoms with van der Waals surface area (Å²) in [5, 5.41) is 0. The van der Waals surface area contributed by atoms with E-state index in [9.17, 15) is 18.0 Å². The Bertz CT molecular complexity index is 509. The number of benzene rings is 1. The lowest BCUT2D eigenvalue weighted by molar-refractivity contribution is -0.138. The molecule has 0 aromatic heterocycles. The van der Waals surface area contributed by atoms with Crippen LogP contribution in [0.3, 0.4) is 0 Å². The molecule has 1 heterocycles. The quantitative estimate of drug-likeness (QED) is 0.717. The lowest BCUT2D eigenvalue weighted by atomic mass is 10.0. The van der Waals surface area contributed by atoms with Crippen LogP contribution in [0.15, 0.2) is 18.2 Å². The van der Waals surface area contributed by atoms with E-state index >= 15 is 0 Å². The van der Waals surface area contributed by atoms with Gasteiger partial charge in [-0.3, -0.25) is 4.79 Å². The van der Waals surface area contributed by atoms with Crippen LogP contribution in [0.25, 0.3) is 0 Å². The van der Waals surface area contributed by atoms with Crippen LogP contribution in [0.4, 0.5) is 18.9 Å². The average Bonchev–Trinajstić information content (AvgIpc) is 2.23. The fourth-order valence-electron chi connectivity index (χ4n) is 1.88. The van der Waals surface area contributed by atoms with Crippen LogP contribution in [0.5, 0.6) is 5.75 Å². The molecule has 2 rings (SSSR count). The Hall–Kier alpha value is -1.72. The number of nitrogens with zero attached hydrogens (tertiary/aromatic N) is 1. The van der Waals surface area contributed by atoms with Crippen LogP contribution < -0.4 is 9.64 Å². The average molecular weight is 259 g/mol. The second-order valence-electron chi connectivity index (χ2n) is 4.66. The maximum absolute atomic E-state index is 12.6. The van der Waals surface area contributed by atoms with Gasteiger partial charge >= 0.3 is 6.18 Å². The Morgan fingerprint density at radius 1 is 1.28 bits per heavy atom. The number of carbonyl (C=O) groups is 1. The number of likely N-dealkylation sites (N-methyl/N-ethyl adjacent to an activating group) is 1. The fourth-order valence-corrected chi connectivity index (χ4v) is 1.88. The molecule has 0 fully saturated rings. The van der Waals surface area contributed by atoms with E-state index in [1.165, 1.54) is 31.9 Å². The van der Waals surface area contributed by atoms with Crippen molar-refractivity contribution >= 4 is 11.6 Å². The molecule has 0 N–H and O–H groups in total. The Kier molecular flexibility index (Phi) is 2.57. The minimum Gasteiger partial charge on any atom is -0.476 e. The van der Waals surface area contributed by atoms with Gasteiger partial charge in [0.05, 0.1) is 11.3 Å². The van der Waals surface area contributed by atoms with Gasteiger partial charge in [-0.1, -0.05) is 0 Å². The molecule has 1 aromatic rings. The molecule has 1 aliphatic rings. The third-order valence-electron chi connectivity index (χ3n) is 2.83. The van der Waals surface area contributed by atoms with Crippen molar-refractivity contribution in [2.24, 2.45) is 0 Å². The summed E-state index contributed by atoms with van der Waals surface area (Å²) in [5.74, 6) is -0.230. The standard InChI is InChI=1S/C12H12F3NO2/c1-11(2)10(17)16(3)8-5-4-7(12(13,14)15)6-9(8)18-11/h4-6H,1-3H3. The summed E-state index contributed by atoms with van der Waals surface area (Å²) in [6.07, 6.45) is -4.43. The number of amides is 1. The second kappa shape index (κ2) is 3.63. The number of carbonyl (C=O) groups excluding carboxylic acids is 1. The van der Waals surface area contributed by atoms with Crippen molar-refractivity contribution < 1.29 is 22.7 Å². The molecule has 0 aliphatic carbocycles. The summed E-state index contributed by atoms with van der Waals surface area (Å²) < 4.78 is 43.1. The molecular weight excluding hydrogens is 247 g/mol. The van der Waals surface area contributed by atoms with E-state index in [1.807, 2.05) is 0 Å². The van der Waals surface area contributed by atoms with E-state index in [4.69, 9.17) is 4.74 Å². The van der Waals surface area contributed by atoms with Crippen molar-refractivity contribution in [3.8, 4) is 5.75 Å². The lowest BCUT2D eigenvalue weighted by Crippen LogP contribution is -2.50. The number of hydrogen-bond donors (Lipinski definition) is 0. The van der Waals surface area contributed by atoms with Gasteiger partial charge in [-0.25, -0.2) is 0 Å². The Morgan fingerprint density at radius 3 is 2.44 bits per heavy atom. The zero-order chi connectivity index (χ0) is 13.7. The number of anilines is 1. The van der Waals surface area contributed by atoms with Crippen LogP contribution in [0, 0.1) is 0 Å². The molecule has 0 saturated heterocycles. The van der Waals surface area contributed by atoms with Crippen molar-refractivity contribution in [1.82, 2.24) is 0 Å². The number of fused-ring (bicyclic) bond motifs is 1. The highest BCUT2D eigenvalue weighted by Gasteiger charge is 2.40.